The fourth-order valence-electron chi connectivity index (χ4n) is 5.90. The molecular formula is C30H35FN4O3. The minimum Gasteiger partial charge on any atom is -0.466 e. The van der Waals surface area contributed by atoms with E-state index in [9.17, 15) is 9.59 Å². The molecule has 0 spiro atoms. The van der Waals surface area contributed by atoms with Crippen molar-refractivity contribution in [2.75, 3.05) is 13.2 Å². The van der Waals surface area contributed by atoms with E-state index in [4.69, 9.17) is 14.8 Å². The molecule has 3 heterocycles. The highest BCUT2D eigenvalue weighted by atomic mass is 19.1. The topological polar surface area (TPSA) is 76.8 Å². The van der Waals surface area contributed by atoms with Crippen LogP contribution in [-0.2, 0) is 14.9 Å². The largest absolute Gasteiger partial charge is 0.466 e. The number of carbonyl (C=O) groups excluding carboxylic acids is 2. The standard InChI is InChI=1S/C30H35FN4O3/c1-4-38-29(37)22-15-21(22)19-10-8-11-20(27(19)31)23-17-26-32-24(16-25(35(26)33-23)30(3)12-13-30)28(36)34-14-7-5-6-9-18(34)2/h8,10-11,16-18,21-22H,4-7,9,12-15H2,1-3H3/t18-,21-,22+/m1/s1. The zero-order valence-corrected chi connectivity index (χ0v) is 22.4. The first-order chi connectivity index (χ1) is 18.3. The zero-order chi connectivity index (χ0) is 26.6. The predicted molar refractivity (Wildman–Crippen MR) is 141 cm³/mol. The molecule has 7 nitrogen and oxygen atoms in total. The molecule has 3 aliphatic rings. The van der Waals surface area contributed by atoms with Crippen molar-refractivity contribution in [2.45, 2.75) is 83.1 Å². The van der Waals surface area contributed by atoms with Crippen molar-refractivity contribution in [3.05, 3.63) is 53.1 Å². The van der Waals surface area contributed by atoms with Crippen molar-refractivity contribution in [2.24, 2.45) is 5.92 Å². The van der Waals surface area contributed by atoms with Crippen LogP contribution in [-0.4, -0.2) is 50.6 Å². The normalized spacial score (nSPS) is 24.2. The fraction of sp³-hybridized carbons (Fsp3) is 0.533. The summed E-state index contributed by atoms with van der Waals surface area (Å²) in [7, 11) is 0. The van der Waals surface area contributed by atoms with Gasteiger partial charge < -0.3 is 9.64 Å². The highest BCUT2D eigenvalue weighted by Gasteiger charge is 2.47. The Morgan fingerprint density at radius 2 is 2.00 bits per heavy atom. The number of ether oxygens (including phenoxy) is 1. The van der Waals surface area contributed by atoms with Crippen LogP contribution in [0.1, 0.15) is 93.4 Å². The highest BCUT2D eigenvalue weighted by molar-refractivity contribution is 5.93. The molecule has 1 aromatic carbocycles. The predicted octanol–water partition coefficient (Wildman–Crippen LogP) is 5.66. The van der Waals surface area contributed by atoms with Crippen LogP contribution in [0.5, 0.6) is 0 Å². The summed E-state index contributed by atoms with van der Waals surface area (Å²) in [5.41, 5.74) is 3.23. The van der Waals surface area contributed by atoms with E-state index in [1.54, 1.807) is 29.6 Å². The van der Waals surface area contributed by atoms with Crippen molar-refractivity contribution >= 4 is 17.5 Å². The Labute approximate surface area is 222 Å². The molecule has 200 valence electrons. The molecule has 6 rings (SSSR count). The van der Waals surface area contributed by atoms with Crippen molar-refractivity contribution in [3.63, 3.8) is 0 Å². The summed E-state index contributed by atoms with van der Waals surface area (Å²) in [5.74, 6) is -1.13. The number of carbonyl (C=O) groups is 2. The second-order valence-corrected chi connectivity index (χ2v) is 11.5. The summed E-state index contributed by atoms with van der Waals surface area (Å²) in [5, 5.41) is 4.80. The molecule has 3 atom stereocenters. The lowest BCUT2D eigenvalue weighted by molar-refractivity contribution is -0.144. The van der Waals surface area contributed by atoms with Crippen molar-refractivity contribution in [1.29, 1.82) is 0 Å². The summed E-state index contributed by atoms with van der Waals surface area (Å²) < 4.78 is 22.7. The molecule has 0 bridgehead atoms. The molecule has 3 fully saturated rings. The first-order valence-corrected chi connectivity index (χ1v) is 14.0. The van der Waals surface area contributed by atoms with Gasteiger partial charge in [0, 0.05) is 35.5 Å². The van der Waals surface area contributed by atoms with Gasteiger partial charge in [0.05, 0.1) is 23.9 Å². The number of hydrogen-bond donors (Lipinski definition) is 0. The van der Waals surface area contributed by atoms with Crippen LogP contribution in [0.15, 0.2) is 30.3 Å². The van der Waals surface area contributed by atoms with Crippen LogP contribution >= 0.6 is 0 Å². The van der Waals surface area contributed by atoms with E-state index in [1.165, 1.54) is 0 Å². The molecule has 8 heteroatoms. The van der Waals surface area contributed by atoms with Gasteiger partial charge >= 0.3 is 5.97 Å². The number of amides is 1. The zero-order valence-electron chi connectivity index (χ0n) is 22.4. The molecule has 0 unspecified atom stereocenters. The van der Waals surface area contributed by atoms with E-state index in [2.05, 4.69) is 13.8 Å². The maximum absolute atomic E-state index is 15.8. The van der Waals surface area contributed by atoms with Crippen molar-refractivity contribution < 1.29 is 18.7 Å². The summed E-state index contributed by atoms with van der Waals surface area (Å²) in [6, 6.07) is 9.12. The van der Waals surface area contributed by atoms with Gasteiger partial charge in [0.15, 0.2) is 5.65 Å². The van der Waals surface area contributed by atoms with E-state index in [1.807, 2.05) is 17.0 Å². The Balaban J connectivity index is 1.38. The number of likely N-dealkylation sites (tertiary alicyclic amines) is 1. The number of rotatable bonds is 6. The second kappa shape index (κ2) is 9.47. The number of nitrogens with zero attached hydrogens (tertiary/aromatic N) is 4. The molecule has 1 amide bonds. The molecular weight excluding hydrogens is 483 g/mol. The third kappa shape index (κ3) is 4.37. The fourth-order valence-corrected chi connectivity index (χ4v) is 5.90. The van der Waals surface area contributed by atoms with Gasteiger partial charge in [0.1, 0.15) is 11.5 Å². The van der Waals surface area contributed by atoms with Gasteiger partial charge in [-0.1, -0.05) is 31.9 Å². The van der Waals surface area contributed by atoms with Crippen LogP contribution in [0.25, 0.3) is 16.9 Å². The van der Waals surface area contributed by atoms with Gasteiger partial charge in [-0.05, 0) is 63.6 Å². The SMILES string of the molecule is CCOC(=O)[C@H]1C[C@@H]1c1cccc(-c2cc3nc(C(=O)N4CCCCC[C@H]4C)cc(C4(C)CC4)n3n2)c1F. The lowest BCUT2D eigenvalue weighted by atomic mass is 10.0. The molecule has 2 aliphatic carbocycles. The number of aromatic nitrogens is 3. The Hall–Kier alpha value is -3.29. The molecule has 1 saturated heterocycles. The van der Waals surface area contributed by atoms with Gasteiger partial charge in [0.2, 0.25) is 0 Å². The van der Waals surface area contributed by atoms with Crippen molar-refractivity contribution in [1.82, 2.24) is 19.5 Å². The molecule has 2 aromatic heterocycles. The minimum absolute atomic E-state index is 0.0398. The number of hydrogen-bond acceptors (Lipinski definition) is 5. The lowest BCUT2D eigenvalue weighted by Gasteiger charge is -2.27. The number of esters is 1. The molecule has 38 heavy (non-hydrogen) atoms. The molecule has 0 radical (unpaired) electrons. The smallest absolute Gasteiger partial charge is 0.309 e. The van der Waals surface area contributed by atoms with Gasteiger partial charge in [-0.2, -0.15) is 5.10 Å². The maximum atomic E-state index is 15.8. The van der Waals surface area contributed by atoms with Gasteiger partial charge in [-0.3, -0.25) is 9.59 Å². The third-order valence-electron chi connectivity index (χ3n) is 8.66. The Kier molecular flexibility index (Phi) is 6.23. The summed E-state index contributed by atoms with van der Waals surface area (Å²) in [6.07, 6.45) is 6.90. The lowest BCUT2D eigenvalue weighted by Crippen LogP contribution is -2.39. The van der Waals surface area contributed by atoms with Gasteiger partial charge in [-0.25, -0.2) is 13.9 Å². The van der Waals surface area contributed by atoms with Gasteiger partial charge in [0.25, 0.3) is 5.91 Å². The minimum atomic E-state index is -0.360. The first-order valence-electron chi connectivity index (χ1n) is 14.0. The summed E-state index contributed by atoms with van der Waals surface area (Å²) in [4.78, 5) is 32.5. The quantitative estimate of drug-likeness (QED) is 0.394. The average molecular weight is 519 g/mol. The van der Waals surface area contributed by atoms with Crippen molar-refractivity contribution in [3.8, 4) is 11.3 Å². The van der Waals surface area contributed by atoms with E-state index in [0.29, 0.717) is 41.2 Å². The third-order valence-corrected chi connectivity index (χ3v) is 8.66. The van der Waals surface area contributed by atoms with Crippen LogP contribution < -0.4 is 0 Å². The van der Waals surface area contributed by atoms with E-state index in [0.717, 1.165) is 50.8 Å². The van der Waals surface area contributed by atoms with E-state index < -0.39 is 0 Å². The van der Waals surface area contributed by atoms with Crippen LogP contribution in [0.2, 0.25) is 0 Å². The number of halogens is 1. The van der Waals surface area contributed by atoms with Gasteiger partial charge in [-0.15, -0.1) is 0 Å². The number of fused-ring (bicyclic) bond motifs is 1. The average Bonchev–Trinajstić information content (AvgIpc) is 3.82. The summed E-state index contributed by atoms with van der Waals surface area (Å²) in [6.45, 7) is 7.13. The Bertz CT molecular complexity index is 1410. The Morgan fingerprint density at radius 3 is 2.76 bits per heavy atom. The number of benzene rings is 1. The Morgan fingerprint density at radius 1 is 1.18 bits per heavy atom. The molecule has 2 saturated carbocycles. The highest BCUT2D eigenvalue weighted by Crippen LogP contribution is 2.50. The van der Waals surface area contributed by atoms with E-state index in [-0.39, 0.29) is 41.0 Å². The van der Waals surface area contributed by atoms with Crippen LogP contribution in [0, 0.1) is 11.7 Å². The second-order valence-electron chi connectivity index (χ2n) is 11.5. The first kappa shape index (κ1) is 25.0. The monoisotopic (exact) mass is 518 g/mol. The van der Waals surface area contributed by atoms with Crippen LogP contribution in [0.4, 0.5) is 4.39 Å². The maximum Gasteiger partial charge on any atom is 0.309 e. The summed E-state index contributed by atoms with van der Waals surface area (Å²) >= 11 is 0. The van der Waals surface area contributed by atoms with E-state index >= 15 is 4.39 Å². The van der Waals surface area contributed by atoms with Crippen LogP contribution in [0.3, 0.4) is 0 Å². The molecule has 1 aliphatic heterocycles. The molecule has 3 aromatic rings. The molecule has 0 N–H and O–H groups in total.